The van der Waals surface area contributed by atoms with Gasteiger partial charge < -0.3 is 9.64 Å². The zero-order valence-electron chi connectivity index (χ0n) is 13.7. The number of piperazine rings is 1. The molecule has 1 amide bonds. The van der Waals surface area contributed by atoms with Crippen molar-refractivity contribution in [3.63, 3.8) is 0 Å². The third-order valence-electron chi connectivity index (χ3n) is 3.66. The number of ether oxygens (including phenoxy) is 1. The van der Waals surface area contributed by atoms with Crippen LogP contribution in [-0.4, -0.2) is 47.6 Å². The smallest absolute Gasteiger partial charge is 0.338 e. The van der Waals surface area contributed by atoms with Crippen LogP contribution in [0.1, 0.15) is 38.1 Å². The van der Waals surface area contributed by atoms with Gasteiger partial charge in [0.15, 0.2) is 0 Å². The standard InChI is InChI=1S/C17H24N2O3/c1-16(2)12-19(15(21)17(3,4)18-16)10-11-22-14(20)13-8-6-5-7-9-13/h5-9,18H,10-12H2,1-4H3. The van der Waals surface area contributed by atoms with Gasteiger partial charge in [-0.1, -0.05) is 18.2 Å². The van der Waals surface area contributed by atoms with Gasteiger partial charge in [0.2, 0.25) is 5.91 Å². The predicted octanol–water partition coefficient (Wildman–Crippen LogP) is 1.83. The van der Waals surface area contributed by atoms with Crippen LogP contribution in [0.2, 0.25) is 0 Å². The first-order valence-corrected chi connectivity index (χ1v) is 7.52. The highest BCUT2D eigenvalue weighted by atomic mass is 16.5. The second-order valence-corrected chi connectivity index (χ2v) is 6.86. The second-order valence-electron chi connectivity index (χ2n) is 6.86. The summed E-state index contributed by atoms with van der Waals surface area (Å²) in [5, 5.41) is 3.34. The fraction of sp³-hybridized carbons (Fsp3) is 0.529. The van der Waals surface area contributed by atoms with Crippen molar-refractivity contribution >= 4 is 11.9 Å². The average Bonchev–Trinajstić information content (AvgIpc) is 2.43. The van der Waals surface area contributed by atoms with Gasteiger partial charge in [0, 0.05) is 12.1 Å². The Morgan fingerprint density at radius 2 is 1.86 bits per heavy atom. The molecule has 5 nitrogen and oxygen atoms in total. The van der Waals surface area contributed by atoms with Gasteiger partial charge in [-0.2, -0.15) is 0 Å². The number of hydrogen-bond acceptors (Lipinski definition) is 4. The van der Waals surface area contributed by atoms with Crippen molar-refractivity contribution in [3.8, 4) is 0 Å². The largest absolute Gasteiger partial charge is 0.460 e. The van der Waals surface area contributed by atoms with E-state index in [1.807, 2.05) is 19.9 Å². The maximum atomic E-state index is 12.4. The van der Waals surface area contributed by atoms with Crippen LogP contribution < -0.4 is 5.32 Å². The zero-order valence-corrected chi connectivity index (χ0v) is 13.7. The summed E-state index contributed by atoms with van der Waals surface area (Å²) in [6.45, 7) is 9.07. The second kappa shape index (κ2) is 6.08. The van der Waals surface area contributed by atoms with Gasteiger partial charge in [-0.05, 0) is 39.8 Å². The van der Waals surface area contributed by atoms with Gasteiger partial charge in [-0.3, -0.25) is 10.1 Å². The maximum absolute atomic E-state index is 12.4. The Labute approximate surface area is 131 Å². The lowest BCUT2D eigenvalue weighted by Gasteiger charge is -2.47. The summed E-state index contributed by atoms with van der Waals surface area (Å²) in [6.07, 6.45) is 0. The van der Waals surface area contributed by atoms with E-state index < -0.39 is 5.54 Å². The number of carbonyl (C=O) groups excluding carboxylic acids is 2. The number of amides is 1. The number of esters is 1. The quantitative estimate of drug-likeness (QED) is 0.862. The van der Waals surface area contributed by atoms with E-state index in [-0.39, 0.29) is 24.0 Å². The van der Waals surface area contributed by atoms with Gasteiger partial charge >= 0.3 is 5.97 Å². The highest BCUT2D eigenvalue weighted by molar-refractivity contribution is 5.89. The lowest BCUT2D eigenvalue weighted by Crippen LogP contribution is -2.69. The first-order valence-electron chi connectivity index (χ1n) is 7.52. The molecule has 0 radical (unpaired) electrons. The minimum Gasteiger partial charge on any atom is -0.460 e. The van der Waals surface area contributed by atoms with Crippen LogP contribution in [0.25, 0.3) is 0 Å². The molecule has 0 bridgehead atoms. The molecule has 1 aliphatic rings. The number of hydrogen-bond donors (Lipinski definition) is 1. The van der Waals surface area contributed by atoms with Crippen molar-refractivity contribution < 1.29 is 14.3 Å². The first kappa shape index (κ1) is 16.5. The van der Waals surface area contributed by atoms with Crippen molar-refractivity contribution in [1.82, 2.24) is 10.2 Å². The van der Waals surface area contributed by atoms with Crippen LogP contribution in [0.3, 0.4) is 0 Å². The molecule has 1 aromatic rings. The topological polar surface area (TPSA) is 58.6 Å². The lowest BCUT2D eigenvalue weighted by atomic mass is 9.91. The molecule has 0 aromatic heterocycles. The molecule has 22 heavy (non-hydrogen) atoms. The average molecular weight is 304 g/mol. The third kappa shape index (κ3) is 3.85. The summed E-state index contributed by atoms with van der Waals surface area (Å²) >= 11 is 0. The SMILES string of the molecule is CC1(C)CN(CCOC(=O)c2ccccc2)C(=O)C(C)(C)N1. The van der Waals surface area contributed by atoms with E-state index >= 15 is 0 Å². The third-order valence-corrected chi connectivity index (χ3v) is 3.66. The van der Waals surface area contributed by atoms with Crippen LogP contribution in [0, 0.1) is 0 Å². The number of benzene rings is 1. The van der Waals surface area contributed by atoms with Crippen LogP contribution in [0.5, 0.6) is 0 Å². The number of rotatable bonds is 4. The van der Waals surface area contributed by atoms with E-state index in [4.69, 9.17) is 4.74 Å². The molecule has 5 heteroatoms. The summed E-state index contributed by atoms with van der Waals surface area (Å²) in [6, 6.07) is 8.86. The Hall–Kier alpha value is -1.88. The van der Waals surface area contributed by atoms with Gasteiger partial charge in [0.1, 0.15) is 6.61 Å². The van der Waals surface area contributed by atoms with Crippen molar-refractivity contribution in [2.24, 2.45) is 0 Å². The summed E-state index contributed by atoms with van der Waals surface area (Å²) in [7, 11) is 0. The van der Waals surface area contributed by atoms with E-state index in [1.165, 1.54) is 0 Å². The molecule has 0 aliphatic carbocycles. The van der Waals surface area contributed by atoms with Crippen LogP contribution in [0.4, 0.5) is 0 Å². The Morgan fingerprint density at radius 3 is 2.50 bits per heavy atom. The van der Waals surface area contributed by atoms with Crippen molar-refractivity contribution in [2.45, 2.75) is 38.8 Å². The first-order chi connectivity index (χ1) is 10.2. The molecule has 0 spiro atoms. The molecule has 0 atom stereocenters. The molecule has 1 saturated heterocycles. The van der Waals surface area contributed by atoms with E-state index in [1.54, 1.807) is 29.2 Å². The van der Waals surface area contributed by atoms with Gasteiger partial charge in [0.05, 0.1) is 17.6 Å². The number of nitrogens with zero attached hydrogens (tertiary/aromatic N) is 1. The highest BCUT2D eigenvalue weighted by Crippen LogP contribution is 2.21. The molecule has 0 saturated carbocycles. The Balaban J connectivity index is 1.91. The summed E-state index contributed by atoms with van der Waals surface area (Å²) in [5.41, 5.74) is -0.249. The molecular weight excluding hydrogens is 280 g/mol. The zero-order chi connectivity index (χ0) is 16.4. The molecule has 1 aliphatic heterocycles. The monoisotopic (exact) mass is 304 g/mol. The van der Waals surface area contributed by atoms with Crippen molar-refractivity contribution in [1.29, 1.82) is 0 Å². The molecule has 120 valence electrons. The molecule has 1 fully saturated rings. The van der Waals surface area contributed by atoms with Crippen LogP contribution in [0.15, 0.2) is 30.3 Å². The summed E-state index contributed by atoms with van der Waals surface area (Å²) in [5.74, 6) is -0.329. The molecule has 1 heterocycles. The minimum atomic E-state index is -0.606. The number of nitrogens with one attached hydrogen (secondary N) is 1. The predicted molar refractivity (Wildman–Crippen MR) is 84.6 cm³/mol. The molecular formula is C17H24N2O3. The van der Waals surface area contributed by atoms with Gasteiger partial charge in [-0.25, -0.2) is 4.79 Å². The molecule has 2 rings (SSSR count). The van der Waals surface area contributed by atoms with E-state index in [2.05, 4.69) is 19.2 Å². The van der Waals surface area contributed by atoms with Crippen molar-refractivity contribution in [2.75, 3.05) is 19.7 Å². The van der Waals surface area contributed by atoms with E-state index in [9.17, 15) is 9.59 Å². The highest BCUT2D eigenvalue weighted by Gasteiger charge is 2.43. The fourth-order valence-electron chi connectivity index (χ4n) is 2.97. The Morgan fingerprint density at radius 1 is 1.23 bits per heavy atom. The van der Waals surface area contributed by atoms with Crippen LogP contribution in [-0.2, 0) is 9.53 Å². The summed E-state index contributed by atoms with van der Waals surface area (Å²) < 4.78 is 5.26. The molecule has 0 unspecified atom stereocenters. The van der Waals surface area contributed by atoms with E-state index in [0.717, 1.165) is 0 Å². The Bertz CT molecular complexity index is 552. The van der Waals surface area contributed by atoms with E-state index in [0.29, 0.717) is 18.7 Å². The maximum Gasteiger partial charge on any atom is 0.338 e. The lowest BCUT2D eigenvalue weighted by molar-refractivity contribution is -0.144. The van der Waals surface area contributed by atoms with Gasteiger partial charge in [0.25, 0.3) is 0 Å². The normalized spacial score (nSPS) is 19.8. The van der Waals surface area contributed by atoms with Gasteiger partial charge in [-0.15, -0.1) is 0 Å². The Kier molecular flexibility index (Phi) is 4.56. The van der Waals surface area contributed by atoms with Crippen molar-refractivity contribution in [3.05, 3.63) is 35.9 Å². The minimum absolute atomic E-state index is 0.0302. The number of carbonyl (C=O) groups is 2. The molecule has 1 aromatic carbocycles. The summed E-state index contributed by atoms with van der Waals surface area (Å²) in [4.78, 5) is 26.0. The fourth-order valence-corrected chi connectivity index (χ4v) is 2.97. The molecule has 1 N–H and O–H groups in total. The van der Waals surface area contributed by atoms with Crippen LogP contribution >= 0.6 is 0 Å².